The predicted octanol–water partition coefficient (Wildman–Crippen LogP) is 3.69. The first-order chi connectivity index (χ1) is 12.8. The van der Waals surface area contributed by atoms with Gasteiger partial charge in [-0.05, 0) is 48.5 Å². The summed E-state index contributed by atoms with van der Waals surface area (Å²) >= 11 is 0. The number of hydrogen-bond donors (Lipinski definition) is 0. The fourth-order valence-electron chi connectivity index (χ4n) is 1.58. The molecule has 27 heavy (non-hydrogen) atoms. The summed E-state index contributed by atoms with van der Waals surface area (Å²) in [6.07, 6.45) is 3.32. The number of aliphatic imine (C=N–C) groups is 2. The molecule has 2 aromatic rings. The second-order valence-corrected chi connectivity index (χ2v) is 3.95. The zero-order valence-electron chi connectivity index (χ0n) is 14.6. The molecule has 0 radical (unpaired) electrons. The van der Waals surface area contributed by atoms with Crippen LogP contribution in [0, 0.1) is 20.0 Å². The summed E-state index contributed by atoms with van der Waals surface area (Å²) in [6, 6.07) is 15.0. The Morgan fingerprint density at radius 2 is 0.889 bits per heavy atom. The Balaban J connectivity index is -0.000000749. The molecule has 2 rings (SSSR count). The van der Waals surface area contributed by atoms with Crippen molar-refractivity contribution in [1.29, 1.82) is 0 Å². The minimum absolute atomic E-state index is 0. The van der Waals surface area contributed by atoms with Crippen molar-refractivity contribution in [2.24, 2.45) is 9.98 Å². The molecular formula is C19H16FeN2O5. The van der Waals surface area contributed by atoms with Crippen molar-refractivity contribution in [3.63, 3.8) is 0 Å². The average Bonchev–Trinajstić information content (AvgIpc) is 2.76. The van der Waals surface area contributed by atoms with Gasteiger partial charge in [-0.3, -0.25) is 9.98 Å². The maximum Gasteiger partial charge on any atom is 0 e. The number of methoxy groups -OCH3 is 2. The quantitative estimate of drug-likeness (QED) is 0.326. The molecule has 0 amide bonds. The molecule has 0 heterocycles. The number of nitrogens with zero attached hydrogens (tertiary/aromatic N) is 2. The normalized spacial score (nSPS) is 8.44. The summed E-state index contributed by atoms with van der Waals surface area (Å²) in [7, 11) is 3.28. The molecule has 0 aliphatic heterocycles. The van der Waals surface area contributed by atoms with Crippen LogP contribution in [0.25, 0.3) is 0 Å². The van der Waals surface area contributed by atoms with E-state index in [0.717, 1.165) is 22.9 Å². The molecule has 0 N–H and O–H groups in total. The van der Waals surface area contributed by atoms with Crippen LogP contribution < -0.4 is 9.47 Å². The predicted molar refractivity (Wildman–Crippen MR) is 94.1 cm³/mol. The molecule has 0 aliphatic rings. The fourth-order valence-corrected chi connectivity index (χ4v) is 1.58. The van der Waals surface area contributed by atoms with Crippen LogP contribution >= 0.6 is 0 Å². The summed E-state index contributed by atoms with van der Waals surface area (Å²) in [5.41, 5.74) is 1.71. The smallest absolute Gasteiger partial charge is 0 e. The van der Waals surface area contributed by atoms with Crippen LogP contribution in [0.3, 0.4) is 0 Å². The van der Waals surface area contributed by atoms with Crippen LogP contribution in [-0.2, 0) is 31.0 Å². The van der Waals surface area contributed by atoms with Gasteiger partial charge in [0.15, 0.2) is 0 Å². The molecule has 0 aromatic heterocycles. The van der Waals surface area contributed by atoms with Crippen LogP contribution in [0.15, 0.2) is 58.5 Å². The fraction of sp³-hybridized carbons (Fsp3) is 0.105. The van der Waals surface area contributed by atoms with Crippen LogP contribution in [-0.4, -0.2) is 26.6 Å². The van der Waals surface area contributed by atoms with Crippen LogP contribution in [0.2, 0.25) is 0 Å². The summed E-state index contributed by atoms with van der Waals surface area (Å²) in [5, 5.41) is 0. The second kappa shape index (κ2) is 21.2. The largest absolute Gasteiger partial charge is 0 e. The topological polar surface area (TPSA) is 103 Å². The van der Waals surface area contributed by atoms with Gasteiger partial charge in [0.1, 0.15) is 11.5 Å². The van der Waals surface area contributed by atoms with Crippen molar-refractivity contribution in [2.75, 3.05) is 14.2 Å². The van der Waals surface area contributed by atoms with E-state index < -0.39 is 0 Å². The molecule has 140 valence electrons. The van der Waals surface area contributed by atoms with E-state index in [9.17, 15) is 0 Å². The van der Waals surface area contributed by atoms with Crippen molar-refractivity contribution in [3.8, 4) is 11.5 Å². The van der Waals surface area contributed by atoms with E-state index in [2.05, 4.69) is 29.9 Å². The summed E-state index contributed by atoms with van der Waals surface area (Å²) in [6.45, 7) is 13.5. The molecule has 7 nitrogen and oxygen atoms in total. The van der Waals surface area contributed by atoms with Gasteiger partial charge in [0.25, 0.3) is 0 Å². The molecule has 2 aromatic carbocycles. The number of hydrogen-bond acceptors (Lipinski definition) is 4. The van der Waals surface area contributed by atoms with Crippen LogP contribution in [0.1, 0.15) is 0 Å². The summed E-state index contributed by atoms with van der Waals surface area (Å²) in [5.74, 6) is 1.63. The molecular weight excluding hydrogens is 392 g/mol. The Morgan fingerprint density at radius 3 is 1.11 bits per heavy atom. The van der Waals surface area contributed by atoms with Crippen molar-refractivity contribution in [2.45, 2.75) is 0 Å². The first-order valence-corrected chi connectivity index (χ1v) is 6.78. The first-order valence-electron chi connectivity index (χ1n) is 6.78. The SMILES string of the molecule is COc1ccc(N=CC=Nc2ccc(OC)cc2)cc1.[C-]#[O+].[C-]#[O+].[C-]#[O+].[Fe]. The minimum atomic E-state index is 0. The maximum absolute atomic E-state index is 7.50. The van der Waals surface area contributed by atoms with E-state index in [1.807, 2.05) is 48.5 Å². The molecule has 0 saturated heterocycles. The van der Waals surface area contributed by atoms with Gasteiger partial charge in [0, 0.05) is 29.5 Å². The Bertz CT molecular complexity index is 651. The van der Waals surface area contributed by atoms with Gasteiger partial charge in [-0.2, -0.15) is 0 Å². The summed E-state index contributed by atoms with van der Waals surface area (Å²) < 4.78 is 32.7. The van der Waals surface area contributed by atoms with Crippen molar-refractivity contribution >= 4 is 23.8 Å². The Hall–Kier alpha value is -2.88. The van der Waals surface area contributed by atoms with E-state index >= 15 is 0 Å². The van der Waals surface area contributed by atoms with Crippen LogP contribution in [0.4, 0.5) is 11.4 Å². The number of benzene rings is 2. The minimum Gasteiger partial charge on any atom is 0 e. The number of rotatable bonds is 5. The summed E-state index contributed by atoms with van der Waals surface area (Å²) in [4.78, 5) is 8.55. The molecule has 8 heteroatoms. The van der Waals surface area contributed by atoms with Gasteiger partial charge in [-0.15, -0.1) is 0 Å². The van der Waals surface area contributed by atoms with Gasteiger partial charge in [0.05, 0.1) is 25.6 Å². The zero-order chi connectivity index (χ0) is 20.2. The molecule has 0 unspecified atom stereocenters. The van der Waals surface area contributed by atoms with E-state index in [0.29, 0.717) is 0 Å². The Labute approximate surface area is 168 Å². The van der Waals surface area contributed by atoms with Crippen molar-refractivity contribution < 1.29 is 40.5 Å². The van der Waals surface area contributed by atoms with Gasteiger partial charge in [-0.25, -0.2) is 0 Å². The van der Waals surface area contributed by atoms with E-state index in [4.69, 9.17) is 23.4 Å². The first kappa shape index (κ1) is 28.9. The third-order valence-electron chi connectivity index (χ3n) is 2.66. The average molecular weight is 408 g/mol. The molecule has 0 atom stereocenters. The Kier molecular flexibility index (Phi) is 22.7. The van der Waals surface area contributed by atoms with Crippen molar-refractivity contribution in [1.82, 2.24) is 0 Å². The molecule has 0 saturated carbocycles. The van der Waals surface area contributed by atoms with E-state index in [1.165, 1.54) is 0 Å². The molecule has 0 spiro atoms. The molecule has 0 fully saturated rings. The third-order valence-corrected chi connectivity index (χ3v) is 2.66. The van der Waals surface area contributed by atoms with E-state index in [1.54, 1.807) is 26.6 Å². The molecule has 0 aliphatic carbocycles. The van der Waals surface area contributed by atoms with Crippen molar-refractivity contribution in [3.05, 3.63) is 68.5 Å². The van der Waals surface area contributed by atoms with Gasteiger partial charge in [-0.1, -0.05) is 0 Å². The van der Waals surface area contributed by atoms with E-state index in [-0.39, 0.29) is 17.1 Å². The number of ether oxygens (including phenoxy) is 2. The second-order valence-electron chi connectivity index (χ2n) is 3.95. The monoisotopic (exact) mass is 408 g/mol. The third kappa shape index (κ3) is 13.0. The maximum atomic E-state index is 7.50. The standard InChI is InChI=1S/C16H16N2O2.3CO.Fe/c1-19-15-7-3-13(4-8-15)17-11-12-18-14-5-9-16(20-2)10-6-14;3*1-2;/h3-12H,1-2H3;;;;. The van der Waals surface area contributed by atoms with Gasteiger partial charge in [0.2, 0.25) is 0 Å². The van der Waals surface area contributed by atoms with Gasteiger partial charge < -0.3 is 9.47 Å². The van der Waals surface area contributed by atoms with Gasteiger partial charge >= 0.3 is 33.9 Å². The van der Waals surface area contributed by atoms with Crippen LogP contribution in [0.5, 0.6) is 11.5 Å². The Morgan fingerprint density at radius 1 is 0.630 bits per heavy atom. The zero-order valence-corrected chi connectivity index (χ0v) is 15.7. The molecule has 0 bridgehead atoms.